The number of nitrogens with one attached hydrogen (secondary N) is 1. The highest BCUT2D eigenvalue weighted by atomic mass is 79.9. The molecule has 0 aliphatic rings. The van der Waals surface area contributed by atoms with Crippen molar-refractivity contribution in [1.29, 1.82) is 0 Å². The first kappa shape index (κ1) is 16.1. The van der Waals surface area contributed by atoms with Crippen LogP contribution in [0, 0.1) is 6.92 Å². The van der Waals surface area contributed by atoms with Crippen LogP contribution in [0.25, 0.3) is 0 Å². The second-order valence-electron chi connectivity index (χ2n) is 5.24. The van der Waals surface area contributed by atoms with Gasteiger partial charge >= 0.3 is 0 Å². The molecule has 0 amide bonds. The minimum absolute atomic E-state index is 0.264. The molecule has 0 fully saturated rings. The van der Waals surface area contributed by atoms with Crippen molar-refractivity contribution in [2.45, 2.75) is 33.4 Å². The van der Waals surface area contributed by atoms with Crippen molar-refractivity contribution in [3.05, 3.63) is 63.6 Å². The average molecular weight is 348 g/mol. The number of aryl methyl sites for hydroxylation is 1. The molecule has 0 saturated heterocycles. The van der Waals surface area contributed by atoms with E-state index in [1.54, 1.807) is 0 Å². The van der Waals surface area contributed by atoms with E-state index in [-0.39, 0.29) is 6.04 Å². The van der Waals surface area contributed by atoms with Gasteiger partial charge in [0.25, 0.3) is 0 Å². The fraction of sp³-hybridized carbons (Fsp3) is 0.333. The second kappa shape index (κ2) is 7.62. The van der Waals surface area contributed by atoms with Gasteiger partial charge in [0.05, 0.1) is 0 Å². The molecular weight excluding hydrogens is 326 g/mol. The predicted molar refractivity (Wildman–Crippen MR) is 91.7 cm³/mol. The normalized spacial score (nSPS) is 12.2. The van der Waals surface area contributed by atoms with Gasteiger partial charge in [0.2, 0.25) is 0 Å². The molecule has 2 rings (SSSR count). The smallest absolute Gasteiger partial charge is 0.124 e. The van der Waals surface area contributed by atoms with Crippen molar-refractivity contribution in [2.24, 2.45) is 0 Å². The zero-order chi connectivity index (χ0) is 15.2. The van der Waals surface area contributed by atoms with Crippen LogP contribution in [-0.4, -0.2) is 6.54 Å². The number of halogens is 1. The summed E-state index contributed by atoms with van der Waals surface area (Å²) >= 11 is 3.54. The van der Waals surface area contributed by atoms with Crippen molar-refractivity contribution in [3.63, 3.8) is 0 Å². The predicted octanol–water partition coefficient (Wildman–Crippen LogP) is 5.01. The van der Waals surface area contributed by atoms with Crippen LogP contribution in [0.3, 0.4) is 0 Å². The molecule has 0 heterocycles. The highest BCUT2D eigenvalue weighted by molar-refractivity contribution is 9.10. The minimum Gasteiger partial charge on any atom is -0.489 e. The summed E-state index contributed by atoms with van der Waals surface area (Å²) in [7, 11) is 0. The quantitative estimate of drug-likeness (QED) is 0.793. The molecule has 0 bridgehead atoms. The molecule has 3 heteroatoms. The Labute approximate surface area is 135 Å². The van der Waals surface area contributed by atoms with Gasteiger partial charge in [-0.1, -0.05) is 52.7 Å². The maximum atomic E-state index is 6.04. The largest absolute Gasteiger partial charge is 0.489 e. The molecule has 112 valence electrons. The number of ether oxygens (including phenoxy) is 1. The lowest BCUT2D eigenvalue weighted by Crippen LogP contribution is -2.18. The van der Waals surface area contributed by atoms with Gasteiger partial charge in [-0.05, 0) is 44.2 Å². The molecule has 1 N–H and O–H groups in total. The van der Waals surface area contributed by atoms with E-state index in [2.05, 4.69) is 72.3 Å². The standard InChI is InChI=1S/C18H22BrNO/c1-4-20-14(3)17-11-16(19)8-9-18(17)21-12-15-7-5-6-13(2)10-15/h5-11,14,20H,4,12H2,1-3H3. The fourth-order valence-corrected chi connectivity index (χ4v) is 2.75. The lowest BCUT2D eigenvalue weighted by molar-refractivity contribution is 0.299. The van der Waals surface area contributed by atoms with Gasteiger partial charge in [-0.25, -0.2) is 0 Å². The van der Waals surface area contributed by atoms with Gasteiger partial charge in [-0.3, -0.25) is 0 Å². The molecule has 1 unspecified atom stereocenters. The van der Waals surface area contributed by atoms with Gasteiger partial charge in [-0.15, -0.1) is 0 Å². The maximum Gasteiger partial charge on any atom is 0.124 e. The summed E-state index contributed by atoms with van der Waals surface area (Å²) in [6.45, 7) is 7.90. The first-order chi connectivity index (χ1) is 10.1. The Morgan fingerprint density at radius 1 is 1.19 bits per heavy atom. The van der Waals surface area contributed by atoms with Crippen molar-refractivity contribution >= 4 is 15.9 Å². The zero-order valence-corrected chi connectivity index (χ0v) is 14.4. The van der Waals surface area contributed by atoms with Gasteiger partial charge in [0.15, 0.2) is 0 Å². The first-order valence-electron chi connectivity index (χ1n) is 7.31. The zero-order valence-electron chi connectivity index (χ0n) is 12.8. The van der Waals surface area contributed by atoms with Crippen molar-refractivity contribution < 1.29 is 4.74 Å². The van der Waals surface area contributed by atoms with E-state index < -0.39 is 0 Å². The maximum absolute atomic E-state index is 6.04. The molecule has 0 saturated carbocycles. The SMILES string of the molecule is CCNC(C)c1cc(Br)ccc1OCc1cccc(C)c1. The summed E-state index contributed by atoms with van der Waals surface area (Å²) in [6.07, 6.45) is 0. The van der Waals surface area contributed by atoms with Crippen LogP contribution < -0.4 is 10.1 Å². The molecular formula is C18H22BrNO. The van der Waals surface area contributed by atoms with E-state index >= 15 is 0 Å². The molecule has 2 nitrogen and oxygen atoms in total. The summed E-state index contributed by atoms with van der Waals surface area (Å²) in [6, 6.07) is 14.9. The Balaban J connectivity index is 2.15. The average Bonchev–Trinajstić information content (AvgIpc) is 2.46. The van der Waals surface area contributed by atoms with Crippen LogP contribution in [0.5, 0.6) is 5.75 Å². The fourth-order valence-electron chi connectivity index (χ4n) is 2.37. The summed E-state index contributed by atoms with van der Waals surface area (Å²) in [4.78, 5) is 0. The van der Waals surface area contributed by atoms with E-state index in [4.69, 9.17) is 4.74 Å². The molecule has 21 heavy (non-hydrogen) atoms. The third-order valence-corrected chi connectivity index (χ3v) is 3.92. The monoisotopic (exact) mass is 347 g/mol. The molecule has 0 radical (unpaired) electrons. The van der Waals surface area contributed by atoms with Crippen LogP contribution in [0.1, 0.15) is 36.6 Å². The van der Waals surface area contributed by atoms with E-state index in [1.165, 1.54) is 16.7 Å². The molecule has 0 spiro atoms. The van der Waals surface area contributed by atoms with E-state index in [0.717, 1.165) is 16.8 Å². The molecule has 2 aromatic carbocycles. The lowest BCUT2D eigenvalue weighted by Gasteiger charge is -2.18. The van der Waals surface area contributed by atoms with E-state index in [0.29, 0.717) is 6.61 Å². The summed E-state index contributed by atoms with van der Waals surface area (Å²) in [5.74, 6) is 0.938. The second-order valence-corrected chi connectivity index (χ2v) is 6.15. The highest BCUT2D eigenvalue weighted by Crippen LogP contribution is 2.29. The molecule has 0 aromatic heterocycles. The van der Waals surface area contributed by atoms with Crippen molar-refractivity contribution in [2.75, 3.05) is 6.54 Å². The van der Waals surface area contributed by atoms with Crippen molar-refractivity contribution in [3.8, 4) is 5.75 Å². The Kier molecular flexibility index (Phi) is 5.83. The van der Waals surface area contributed by atoms with Crippen LogP contribution in [0.2, 0.25) is 0 Å². The van der Waals surface area contributed by atoms with Crippen LogP contribution >= 0.6 is 15.9 Å². The number of benzene rings is 2. The Hall–Kier alpha value is -1.32. The van der Waals surface area contributed by atoms with Gasteiger partial charge in [0, 0.05) is 16.1 Å². The Morgan fingerprint density at radius 3 is 2.71 bits per heavy atom. The van der Waals surface area contributed by atoms with Crippen LogP contribution in [0.4, 0.5) is 0 Å². The summed E-state index contributed by atoms with van der Waals surface area (Å²) in [5.41, 5.74) is 3.63. The van der Waals surface area contributed by atoms with Gasteiger partial charge in [-0.2, -0.15) is 0 Å². The summed E-state index contributed by atoms with van der Waals surface area (Å²) in [5, 5.41) is 3.44. The Morgan fingerprint density at radius 2 is 2.00 bits per heavy atom. The van der Waals surface area contributed by atoms with Gasteiger partial charge < -0.3 is 10.1 Å². The molecule has 0 aliphatic carbocycles. The topological polar surface area (TPSA) is 21.3 Å². The minimum atomic E-state index is 0.264. The molecule has 2 aromatic rings. The van der Waals surface area contributed by atoms with Crippen LogP contribution in [0.15, 0.2) is 46.9 Å². The Bertz CT molecular complexity index is 598. The number of rotatable bonds is 6. The third kappa shape index (κ3) is 4.58. The van der Waals surface area contributed by atoms with E-state index in [9.17, 15) is 0 Å². The number of hydrogen-bond donors (Lipinski definition) is 1. The first-order valence-corrected chi connectivity index (χ1v) is 8.10. The van der Waals surface area contributed by atoms with Crippen molar-refractivity contribution in [1.82, 2.24) is 5.32 Å². The number of hydrogen-bond acceptors (Lipinski definition) is 2. The molecule has 1 atom stereocenters. The van der Waals surface area contributed by atoms with Gasteiger partial charge in [0.1, 0.15) is 12.4 Å². The summed E-state index contributed by atoms with van der Waals surface area (Å²) < 4.78 is 7.11. The lowest BCUT2D eigenvalue weighted by atomic mass is 10.1. The van der Waals surface area contributed by atoms with E-state index in [1.807, 2.05) is 12.1 Å². The third-order valence-electron chi connectivity index (χ3n) is 3.43. The highest BCUT2D eigenvalue weighted by Gasteiger charge is 2.11. The molecule has 0 aliphatic heterocycles. The van der Waals surface area contributed by atoms with Crippen LogP contribution in [-0.2, 0) is 6.61 Å².